The topological polar surface area (TPSA) is 15.3 Å². The van der Waals surface area contributed by atoms with Crippen LogP contribution < -0.4 is 5.32 Å². The van der Waals surface area contributed by atoms with Crippen LogP contribution in [-0.2, 0) is 0 Å². The maximum Gasteiger partial charge on any atom is 0.0231 e. The molecule has 0 aromatic carbocycles. The Labute approximate surface area is 112 Å². The molecule has 17 heavy (non-hydrogen) atoms. The molecule has 1 aliphatic heterocycles. The van der Waals surface area contributed by atoms with Gasteiger partial charge in [-0.25, -0.2) is 0 Å². The molecular weight excluding hydrogens is 228 g/mol. The SMILES string of the molecule is CCNCC(C)(CC)CN1CCSC(C)(C)C1. The molecule has 0 aliphatic carbocycles. The van der Waals surface area contributed by atoms with Crippen molar-refractivity contribution in [2.24, 2.45) is 5.41 Å². The highest BCUT2D eigenvalue weighted by atomic mass is 32.2. The van der Waals surface area contributed by atoms with Gasteiger partial charge in [0.05, 0.1) is 0 Å². The molecule has 0 radical (unpaired) electrons. The first-order valence-electron chi connectivity index (χ1n) is 6.98. The third-order valence-corrected chi connectivity index (χ3v) is 5.06. The summed E-state index contributed by atoms with van der Waals surface area (Å²) in [6, 6.07) is 0. The lowest BCUT2D eigenvalue weighted by atomic mass is 9.86. The average Bonchev–Trinajstić information content (AvgIpc) is 2.25. The Bertz CT molecular complexity index is 230. The number of hydrogen-bond donors (Lipinski definition) is 1. The van der Waals surface area contributed by atoms with Crippen molar-refractivity contribution in [1.82, 2.24) is 10.2 Å². The first-order valence-corrected chi connectivity index (χ1v) is 7.96. The van der Waals surface area contributed by atoms with Crippen molar-refractivity contribution in [2.45, 2.75) is 45.8 Å². The number of thioether (sulfide) groups is 1. The van der Waals surface area contributed by atoms with Gasteiger partial charge in [0.25, 0.3) is 0 Å². The largest absolute Gasteiger partial charge is 0.316 e. The fraction of sp³-hybridized carbons (Fsp3) is 1.00. The number of rotatable bonds is 6. The quantitative estimate of drug-likeness (QED) is 0.789. The Morgan fingerprint density at radius 1 is 1.35 bits per heavy atom. The molecule has 0 aromatic heterocycles. The second kappa shape index (κ2) is 6.44. The van der Waals surface area contributed by atoms with E-state index in [1.54, 1.807) is 0 Å². The van der Waals surface area contributed by atoms with E-state index in [1.165, 1.54) is 31.8 Å². The molecule has 1 atom stereocenters. The van der Waals surface area contributed by atoms with Crippen LogP contribution in [0, 0.1) is 5.41 Å². The predicted octanol–water partition coefficient (Wildman–Crippen LogP) is 2.84. The van der Waals surface area contributed by atoms with Crippen LogP contribution in [0.2, 0.25) is 0 Å². The summed E-state index contributed by atoms with van der Waals surface area (Å²) in [6.45, 7) is 17.6. The van der Waals surface area contributed by atoms with E-state index in [9.17, 15) is 0 Å². The zero-order valence-electron chi connectivity index (χ0n) is 12.3. The first kappa shape index (κ1) is 15.3. The Morgan fingerprint density at radius 2 is 2.06 bits per heavy atom. The van der Waals surface area contributed by atoms with Gasteiger partial charge in [0, 0.05) is 36.7 Å². The minimum atomic E-state index is 0.425. The fourth-order valence-electron chi connectivity index (χ4n) is 2.51. The molecule has 1 unspecified atom stereocenters. The van der Waals surface area contributed by atoms with Crippen LogP contribution in [0.15, 0.2) is 0 Å². The maximum atomic E-state index is 3.52. The van der Waals surface area contributed by atoms with E-state index in [1.807, 2.05) is 0 Å². The molecule has 0 bridgehead atoms. The smallest absolute Gasteiger partial charge is 0.0231 e. The van der Waals surface area contributed by atoms with Crippen molar-refractivity contribution in [3.8, 4) is 0 Å². The van der Waals surface area contributed by atoms with Crippen LogP contribution in [0.25, 0.3) is 0 Å². The van der Waals surface area contributed by atoms with E-state index in [0.29, 0.717) is 10.2 Å². The molecule has 1 rings (SSSR count). The van der Waals surface area contributed by atoms with Crippen LogP contribution in [0.3, 0.4) is 0 Å². The third-order valence-electron chi connectivity index (χ3n) is 3.77. The Kier molecular flexibility index (Phi) is 5.81. The second-order valence-electron chi connectivity index (χ2n) is 6.26. The average molecular weight is 258 g/mol. The first-order chi connectivity index (χ1) is 7.91. The molecule has 0 amide bonds. The summed E-state index contributed by atoms with van der Waals surface area (Å²) in [5, 5.41) is 3.52. The summed E-state index contributed by atoms with van der Waals surface area (Å²) in [5.74, 6) is 1.29. The van der Waals surface area contributed by atoms with Gasteiger partial charge >= 0.3 is 0 Å². The van der Waals surface area contributed by atoms with E-state index in [2.05, 4.69) is 56.6 Å². The Balaban J connectivity index is 2.49. The molecule has 0 aromatic rings. The van der Waals surface area contributed by atoms with Gasteiger partial charge in [0.1, 0.15) is 0 Å². The highest BCUT2D eigenvalue weighted by Gasteiger charge is 2.31. The highest BCUT2D eigenvalue weighted by Crippen LogP contribution is 2.32. The van der Waals surface area contributed by atoms with Gasteiger partial charge < -0.3 is 10.2 Å². The van der Waals surface area contributed by atoms with Gasteiger partial charge in [-0.05, 0) is 32.2 Å². The summed E-state index contributed by atoms with van der Waals surface area (Å²) in [6.07, 6.45) is 1.25. The predicted molar refractivity (Wildman–Crippen MR) is 79.9 cm³/mol. The van der Waals surface area contributed by atoms with E-state index in [-0.39, 0.29) is 0 Å². The molecule has 102 valence electrons. The molecule has 1 N–H and O–H groups in total. The summed E-state index contributed by atoms with van der Waals surface area (Å²) in [5.41, 5.74) is 0.425. The van der Waals surface area contributed by atoms with Crippen molar-refractivity contribution in [1.29, 1.82) is 0 Å². The van der Waals surface area contributed by atoms with Gasteiger partial charge in [-0.1, -0.05) is 20.8 Å². The maximum absolute atomic E-state index is 3.52. The molecule has 3 heteroatoms. The fourth-order valence-corrected chi connectivity index (χ4v) is 3.68. The van der Waals surface area contributed by atoms with Crippen LogP contribution >= 0.6 is 11.8 Å². The molecule has 0 spiro atoms. The van der Waals surface area contributed by atoms with Crippen molar-refractivity contribution in [2.75, 3.05) is 38.5 Å². The standard InChI is InChI=1S/C14H30N2S/c1-6-14(5,10-15-7-2)12-16-8-9-17-13(3,4)11-16/h15H,6-12H2,1-5H3. The van der Waals surface area contributed by atoms with Crippen LogP contribution in [-0.4, -0.2) is 48.1 Å². The molecule has 1 heterocycles. The second-order valence-corrected chi connectivity index (χ2v) is 8.07. The molecule has 2 nitrogen and oxygen atoms in total. The molecule has 1 fully saturated rings. The minimum absolute atomic E-state index is 0.425. The monoisotopic (exact) mass is 258 g/mol. The van der Waals surface area contributed by atoms with E-state index in [0.717, 1.165) is 13.1 Å². The number of nitrogens with zero attached hydrogens (tertiary/aromatic N) is 1. The lowest BCUT2D eigenvalue weighted by Gasteiger charge is -2.42. The normalized spacial score (nSPS) is 24.5. The van der Waals surface area contributed by atoms with E-state index >= 15 is 0 Å². The van der Waals surface area contributed by atoms with Crippen molar-refractivity contribution in [3.63, 3.8) is 0 Å². The lowest BCUT2D eigenvalue weighted by molar-refractivity contribution is 0.150. The van der Waals surface area contributed by atoms with Crippen LogP contribution in [0.4, 0.5) is 0 Å². The van der Waals surface area contributed by atoms with Gasteiger partial charge in [-0.2, -0.15) is 11.8 Å². The Morgan fingerprint density at radius 3 is 2.59 bits per heavy atom. The van der Waals surface area contributed by atoms with Crippen LogP contribution in [0.1, 0.15) is 41.0 Å². The lowest BCUT2D eigenvalue weighted by Crippen LogP contribution is -2.49. The van der Waals surface area contributed by atoms with E-state index < -0.39 is 0 Å². The number of hydrogen-bond acceptors (Lipinski definition) is 3. The van der Waals surface area contributed by atoms with Gasteiger partial charge in [-0.3, -0.25) is 0 Å². The van der Waals surface area contributed by atoms with Gasteiger partial charge in [-0.15, -0.1) is 0 Å². The molecular formula is C14H30N2S. The minimum Gasteiger partial charge on any atom is -0.316 e. The zero-order chi connectivity index (χ0) is 12.9. The molecule has 0 saturated carbocycles. The summed E-state index contributed by atoms with van der Waals surface area (Å²) in [4.78, 5) is 2.66. The molecule has 1 aliphatic rings. The number of nitrogens with one attached hydrogen (secondary N) is 1. The van der Waals surface area contributed by atoms with Gasteiger partial charge in [0.15, 0.2) is 0 Å². The van der Waals surface area contributed by atoms with Gasteiger partial charge in [0.2, 0.25) is 0 Å². The van der Waals surface area contributed by atoms with Crippen molar-refractivity contribution in [3.05, 3.63) is 0 Å². The molecule has 1 saturated heterocycles. The third kappa shape index (κ3) is 5.19. The zero-order valence-corrected chi connectivity index (χ0v) is 13.1. The summed E-state index contributed by atoms with van der Waals surface area (Å²) < 4.78 is 0.436. The summed E-state index contributed by atoms with van der Waals surface area (Å²) in [7, 11) is 0. The van der Waals surface area contributed by atoms with E-state index in [4.69, 9.17) is 0 Å². The Hall–Kier alpha value is 0.270. The van der Waals surface area contributed by atoms with Crippen molar-refractivity contribution < 1.29 is 0 Å². The van der Waals surface area contributed by atoms with Crippen LogP contribution in [0.5, 0.6) is 0 Å². The highest BCUT2D eigenvalue weighted by molar-refractivity contribution is 8.00. The van der Waals surface area contributed by atoms with Crippen molar-refractivity contribution >= 4 is 11.8 Å². The summed E-state index contributed by atoms with van der Waals surface area (Å²) >= 11 is 2.12.